The fourth-order valence-corrected chi connectivity index (χ4v) is 3.17. The van der Waals surface area contributed by atoms with Gasteiger partial charge in [-0.15, -0.1) is 0 Å². The number of benzene rings is 1. The van der Waals surface area contributed by atoms with Gasteiger partial charge in [-0.05, 0) is 50.2 Å². The standard InChI is InChI=1S/C16H25NO/c1-10-5-6-15(12(3)7-10)18-16-13(4)8-11(2)9-14(16)17/h5-7,11,13-14,16H,8-9,17H2,1-4H3. The van der Waals surface area contributed by atoms with Crippen LogP contribution in [0.15, 0.2) is 18.2 Å². The van der Waals surface area contributed by atoms with E-state index in [0.29, 0.717) is 11.8 Å². The molecule has 0 aromatic heterocycles. The van der Waals surface area contributed by atoms with Gasteiger partial charge in [-0.3, -0.25) is 0 Å². The Morgan fingerprint density at radius 1 is 1.17 bits per heavy atom. The third-order valence-corrected chi connectivity index (χ3v) is 4.03. The van der Waals surface area contributed by atoms with Gasteiger partial charge in [0, 0.05) is 6.04 Å². The van der Waals surface area contributed by atoms with E-state index < -0.39 is 0 Å². The highest BCUT2D eigenvalue weighted by molar-refractivity contribution is 5.36. The van der Waals surface area contributed by atoms with Crippen molar-refractivity contribution in [2.24, 2.45) is 17.6 Å². The van der Waals surface area contributed by atoms with Gasteiger partial charge in [0.25, 0.3) is 0 Å². The van der Waals surface area contributed by atoms with Crippen LogP contribution in [0, 0.1) is 25.7 Å². The van der Waals surface area contributed by atoms with Crippen molar-refractivity contribution in [3.8, 4) is 5.75 Å². The van der Waals surface area contributed by atoms with Crippen LogP contribution in [0.2, 0.25) is 0 Å². The SMILES string of the molecule is Cc1ccc(OC2C(C)CC(C)CC2N)c(C)c1. The van der Waals surface area contributed by atoms with Gasteiger partial charge >= 0.3 is 0 Å². The maximum absolute atomic E-state index is 6.26. The largest absolute Gasteiger partial charge is 0.488 e. The van der Waals surface area contributed by atoms with E-state index >= 15 is 0 Å². The predicted octanol–water partition coefficient (Wildman–Crippen LogP) is 3.44. The van der Waals surface area contributed by atoms with Gasteiger partial charge in [-0.1, -0.05) is 31.5 Å². The summed E-state index contributed by atoms with van der Waals surface area (Å²) in [7, 11) is 0. The molecule has 2 nitrogen and oxygen atoms in total. The van der Waals surface area contributed by atoms with Crippen LogP contribution in [-0.4, -0.2) is 12.1 Å². The summed E-state index contributed by atoms with van der Waals surface area (Å²) >= 11 is 0. The Bertz CT molecular complexity index is 404. The average Bonchev–Trinajstić information content (AvgIpc) is 2.25. The molecule has 2 rings (SSSR count). The second-order valence-corrected chi connectivity index (χ2v) is 6.07. The van der Waals surface area contributed by atoms with Crippen LogP contribution >= 0.6 is 0 Å². The molecule has 4 atom stereocenters. The zero-order chi connectivity index (χ0) is 13.3. The third-order valence-electron chi connectivity index (χ3n) is 4.03. The second kappa shape index (κ2) is 5.31. The fraction of sp³-hybridized carbons (Fsp3) is 0.625. The molecule has 1 aliphatic rings. The number of ether oxygens (including phenoxy) is 1. The molecule has 1 aromatic carbocycles. The number of rotatable bonds is 2. The Morgan fingerprint density at radius 2 is 1.89 bits per heavy atom. The normalized spacial score (nSPS) is 32.3. The van der Waals surface area contributed by atoms with Crippen molar-refractivity contribution in [1.82, 2.24) is 0 Å². The molecule has 1 fully saturated rings. The van der Waals surface area contributed by atoms with Gasteiger partial charge in [-0.25, -0.2) is 0 Å². The first-order chi connectivity index (χ1) is 8.47. The Kier molecular flexibility index (Phi) is 3.96. The minimum absolute atomic E-state index is 0.155. The van der Waals surface area contributed by atoms with E-state index in [9.17, 15) is 0 Å². The highest BCUT2D eigenvalue weighted by Gasteiger charge is 2.33. The topological polar surface area (TPSA) is 35.2 Å². The summed E-state index contributed by atoms with van der Waals surface area (Å²) in [6.45, 7) is 8.74. The van der Waals surface area contributed by atoms with Crippen molar-refractivity contribution in [3.63, 3.8) is 0 Å². The molecule has 100 valence electrons. The predicted molar refractivity (Wildman–Crippen MR) is 75.9 cm³/mol. The maximum Gasteiger partial charge on any atom is 0.122 e. The Balaban J connectivity index is 2.12. The number of nitrogens with two attached hydrogens (primary N) is 1. The highest BCUT2D eigenvalue weighted by Crippen LogP contribution is 2.32. The monoisotopic (exact) mass is 247 g/mol. The minimum Gasteiger partial charge on any atom is -0.488 e. The summed E-state index contributed by atoms with van der Waals surface area (Å²) in [5.74, 6) is 2.24. The van der Waals surface area contributed by atoms with Crippen LogP contribution in [0.5, 0.6) is 5.75 Å². The lowest BCUT2D eigenvalue weighted by molar-refractivity contribution is 0.0620. The third kappa shape index (κ3) is 2.86. The molecule has 0 bridgehead atoms. The van der Waals surface area contributed by atoms with Gasteiger partial charge in [0.15, 0.2) is 0 Å². The summed E-state index contributed by atoms with van der Waals surface area (Å²) in [6.07, 6.45) is 2.44. The molecule has 1 aromatic rings. The first kappa shape index (κ1) is 13.4. The molecular formula is C16H25NO. The Hall–Kier alpha value is -1.02. The van der Waals surface area contributed by atoms with Crippen LogP contribution in [0.1, 0.15) is 37.8 Å². The molecule has 2 N–H and O–H groups in total. The van der Waals surface area contributed by atoms with E-state index in [2.05, 4.69) is 45.9 Å². The van der Waals surface area contributed by atoms with Crippen molar-refractivity contribution >= 4 is 0 Å². The molecule has 1 saturated carbocycles. The minimum atomic E-state index is 0.155. The highest BCUT2D eigenvalue weighted by atomic mass is 16.5. The van der Waals surface area contributed by atoms with Gasteiger partial charge in [-0.2, -0.15) is 0 Å². The molecule has 0 radical (unpaired) electrons. The van der Waals surface area contributed by atoms with Gasteiger partial charge in [0.1, 0.15) is 11.9 Å². The first-order valence-corrected chi connectivity index (χ1v) is 6.97. The smallest absolute Gasteiger partial charge is 0.122 e. The summed E-state index contributed by atoms with van der Waals surface area (Å²) in [5.41, 5.74) is 8.74. The molecule has 2 heteroatoms. The first-order valence-electron chi connectivity index (χ1n) is 6.97. The lowest BCUT2D eigenvalue weighted by Crippen LogP contribution is -2.48. The molecule has 0 amide bonds. The van der Waals surface area contributed by atoms with Crippen molar-refractivity contribution < 1.29 is 4.74 Å². The molecule has 18 heavy (non-hydrogen) atoms. The van der Waals surface area contributed by atoms with E-state index in [1.807, 2.05) is 0 Å². The van der Waals surface area contributed by atoms with Crippen LogP contribution in [0.4, 0.5) is 0 Å². The fourth-order valence-electron chi connectivity index (χ4n) is 3.17. The molecule has 0 aliphatic heterocycles. The molecule has 1 aliphatic carbocycles. The Labute approximate surface area is 111 Å². The second-order valence-electron chi connectivity index (χ2n) is 6.07. The zero-order valence-corrected chi connectivity index (χ0v) is 11.9. The summed E-state index contributed by atoms with van der Waals surface area (Å²) in [6, 6.07) is 6.49. The molecule has 0 saturated heterocycles. The van der Waals surface area contributed by atoms with E-state index in [0.717, 1.165) is 12.2 Å². The Morgan fingerprint density at radius 3 is 2.50 bits per heavy atom. The van der Waals surface area contributed by atoms with Crippen LogP contribution < -0.4 is 10.5 Å². The molecule has 4 unspecified atom stereocenters. The van der Waals surface area contributed by atoms with Gasteiger partial charge < -0.3 is 10.5 Å². The molecule has 0 spiro atoms. The van der Waals surface area contributed by atoms with Crippen molar-refractivity contribution in [2.45, 2.75) is 52.7 Å². The van der Waals surface area contributed by atoms with E-state index in [4.69, 9.17) is 10.5 Å². The van der Waals surface area contributed by atoms with Gasteiger partial charge in [0.2, 0.25) is 0 Å². The quantitative estimate of drug-likeness (QED) is 0.869. The van der Waals surface area contributed by atoms with Crippen LogP contribution in [-0.2, 0) is 0 Å². The van der Waals surface area contributed by atoms with Crippen molar-refractivity contribution in [3.05, 3.63) is 29.3 Å². The zero-order valence-electron chi connectivity index (χ0n) is 11.9. The van der Waals surface area contributed by atoms with E-state index in [1.54, 1.807) is 0 Å². The van der Waals surface area contributed by atoms with Crippen LogP contribution in [0.3, 0.4) is 0 Å². The van der Waals surface area contributed by atoms with Crippen molar-refractivity contribution in [1.29, 1.82) is 0 Å². The molecule has 0 heterocycles. The van der Waals surface area contributed by atoms with Crippen LogP contribution in [0.25, 0.3) is 0 Å². The number of aryl methyl sites for hydroxylation is 2. The summed E-state index contributed by atoms with van der Waals surface area (Å²) in [5, 5.41) is 0. The van der Waals surface area contributed by atoms with E-state index in [1.165, 1.54) is 17.5 Å². The lowest BCUT2D eigenvalue weighted by atomic mass is 9.78. The van der Waals surface area contributed by atoms with E-state index in [-0.39, 0.29) is 12.1 Å². The summed E-state index contributed by atoms with van der Waals surface area (Å²) in [4.78, 5) is 0. The lowest BCUT2D eigenvalue weighted by Gasteiger charge is -2.37. The number of hydrogen-bond acceptors (Lipinski definition) is 2. The molecular weight excluding hydrogens is 222 g/mol. The maximum atomic E-state index is 6.26. The van der Waals surface area contributed by atoms with Gasteiger partial charge in [0.05, 0.1) is 0 Å². The summed E-state index contributed by atoms with van der Waals surface area (Å²) < 4.78 is 6.19. The average molecular weight is 247 g/mol. The number of hydrogen-bond donors (Lipinski definition) is 1. The van der Waals surface area contributed by atoms with Crippen molar-refractivity contribution in [2.75, 3.05) is 0 Å².